The van der Waals surface area contributed by atoms with Crippen molar-refractivity contribution in [1.82, 2.24) is 15.0 Å². The molecule has 110 valence electrons. The molecule has 21 heavy (non-hydrogen) atoms. The van der Waals surface area contributed by atoms with Crippen LogP contribution in [0, 0.1) is 13.8 Å². The van der Waals surface area contributed by atoms with Crippen molar-refractivity contribution in [2.24, 2.45) is 0 Å². The fourth-order valence-corrected chi connectivity index (χ4v) is 2.14. The zero-order valence-corrected chi connectivity index (χ0v) is 12.6. The number of aldehydes is 1. The second-order valence-corrected chi connectivity index (χ2v) is 5.16. The standard InChI is InChI=1S/C16H19N3O2/c1-11(2)8-19-15(14(9-20)17-18-19)10-21-16-12(3)6-5-7-13(16)4/h5-7,9H,1,8,10H2,2-4H3. The summed E-state index contributed by atoms with van der Waals surface area (Å²) >= 11 is 0. The van der Waals surface area contributed by atoms with E-state index < -0.39 is 0 Å². The highest BCUT2D eigenvalue weighted by atomic mass is 16.5. The van der Waals surface area contributed by atoms with Crippen LogP contribution in [-0.4, -0.2) is 21.3 Å². The zero-order valence-electron chi connectivity index (χ0n) is 12.6. The molecule has 0 unspecified atom stereocenters. The Morgan fingerprint density at radius 1 is 1.38 bits per heavy atom. The minimum Gasteiger partial charge on any atom is -0.487 e. The van der Waals surface area contributed by atoms with Crippen LogP contribution in [0.15, 0.2) is 30.4 Å². The van der Waals surface area contributed by atoms with Gasteiger partial charge in [0.05, 0.1) is 6.54 Å². The van der Waals surface area contributed by atoms with E-state index in [-0.39, 0.29) is 6.61 Å². The van der Waals surface area contributed by atoms with Crippen LogP contribution in [0.4, 0.5) is 0 Å². The summed E-state index contributed by atoms with van der Waals surface area (Å²) in [5.74, 6) is 0.831. The van der Waals surface area contributed by atoms with Crippen LogP contribution in [0.25, 0.3) is 0 Å². The van der Waals surface area contributed by atoms with Crippen LogP contribution in [0.3, 0.4) is 0 Å². The third kappa shape index (κ3) is 3.37. The predicted octanol–water partition coefficient (Wildman–Crippen LogP) is 2.86. The SMILES string of the molecule is C=C(C)Cn1nnc(C=O)c1COc1c(C)cccc1C. The summed E-state index contributed by atoms with van der Waals surface area (Å²) in [7, 11) is 0. The Hall–Kier alpha value is -2.43. The molecular weight excluding hydrogens is 266 g/mol. The first kappa shape index (κ1) is 15.0. The van der Waals surface area contributed by atoms with Gasteiger partial charge in [-0.15, -0.1) is 5.10 Å². The molecular formula is C16H19N3O2. The van der Waals surface area contributed by atoms with Gasteiger partial charge in [-0.05, 0) is 31.9 Å². The fraction of sp³-hybridized carbons (Fsp3) is 0.312. The molecule has 5 nitrogen and oxygen atoms in total. The first-order valence-electron chi connectivity index (χ1n) is 6.74. The van der Waals surface area contributed by atoms with Gasteiger partial charge in [-0.2, -0.15) is 0 Å². The number of aromatic nitrogens is 3. The van der Waals surface area contributed by atoms with Crippen molar-refractivity contribution < 1.29 is 9.53 Å². The monoisotopic (exact) mass is 285 g/mol. The van der Waals surface area contributed by atoms with Crippen molar-refractivity contribution in [2.45, 2.75) is 33.9 Å². The maximum atomic E-state index is 11.1. The second-order valence-electron chi connectivity index (χ2n) is 5.16. The van der Waals surface area contributed by atoms with E-state index in [9.17, 15) is 4.79 Å². The lowest BCUT2D eigenvalue weighted by atomic mass is 10.1. The quantitative estimate of drug-likeness (QED) is 0.605. The highest BCUT2D eigenvalue weighted by Gasteiger charge is 2.14. The topological polar surface area (TPSA) is 57.0 Å². The number of hydrogen-bond donors (Lipinski definition) is 0. The molecule has 0 radical (unpaired) electrons. The van der Waals surface area contributed by atoms with E-state index in [1.165, 1.54) is 0 Å². The summed E-state index contributed by atoms with van der Waals surface area (Å²) in [5.41, 5.74) is 4.02. The molecule has 1 heterocycles. The molecule has 2 rings (SSSR count). The smallest absolute Gasteiger partial charge is 0.172 e. The highest BCUT2D eigenvalue weighted by molar-refractivity contribution is 5.73. The summed E-state index contributed by atoms with van der Waals surface area (Å²) < 4.78 is 7.54. The van der Waals surface area contributed by atoms with E-state index in [1.54, 1.807) is 4.68 Å². The van der Waals surface area contributed by atoms with Gasteiger partial charge in [-0.3, -0.25) is 4.79 Å². The predicted molar refractivity (Wildman–Crippen MR) is 80.5 cm³/mol. The van der Waals surface area contributed by atoms with Crippen LogP contribution >= 0.6 is 0 Å². The summed E-state index contributed by atoms with van der Waals surface area (Å²) in [6.07, 6.45) is 0.700. The van der Waals surface area contributed by atoms with Crippen LogP contribution in [0.5, 0.6) is 5.75 Å². The van der Waals surface area contributed by atoms with Gasteiger partial charge in [0.2, 0.25) is 0 Å². The van der Waals surface area contributed by atoms with Crippen LogP contribution in [-0.2, 0) is 13.2 Å². The number of benzene rings is 1. The average Bonchev–Trinajstić information content (AvgIpc) is 2.79. The van der Waals surface area contributed by atoms with E-state index in [1.807, 2.05) is 39.0 Å². The Labute approximate surface area is 124 Å². The summed E-state index contributed by atoms with van der Waals surface area (Å²) in [6, 6.07) is 5.97. The van der Waals surface area contributed by atoms with Crippen molar-refractivity contribution in [2.75, 3.05) is 0 Å². The lowest BCUT2D eigenvalue weighted by molar-refractivity contribution is 0.111. The minimum atomic E-state index is 0.250. The number of rotatable bonds is 6. The maximum Gasteiger partial charge on any atom is 0.172 e. The molecule has 0 saturated carbocycles. The molecule has 0 aliphatic carbocycles. The molecule has 0 atom stereocenters. The van der Waals surface area contributed by atoms with Crippen LogP contribution in [0.2, 0.25) is 0 Å². The number of carbonyl (C=O) groups excluding carboxylic acids is 1. The molecule has 0 amide bonds. The molecule has 0 N–H and O–H groups in total. The Bertz CT molecular complexity index is 654. The molecule has 0 saturated heterocycles. The summed E-state index contributed by atoms with van der Waals surface area (Å²) in [4.78, 5) is 11.1. The average molecular weight is 285 g/mol. The molecule has 0 bridgehead atoms. The van der Waals surface area contributed by atoms with Crippen molar-refractivity contribution in [1.29, 1.82) is 0 Å². The van der Waals surface area contributed by atoms with Gasteiger partial charge in [0.15, 0.2) is 12.0 Å². The molecule has 5 heteroatoms. The second kappa shape index (κ2) is 6.35. The third-order valence-corrected chi connectivity index (χ3v) is 3.16. The molecule has 1 aromatic heterocycles. The van der Waals surface area contributed by atoms with Crippen LogP contribution < -0.4 is 4.74 Å². The van der Waals surface area contributed by atoms with Gasteiger partial charge in [0, 0.05) is 0 Å². The van der Waals surface area contributed by atoms with Crippen molar-refractivity contribution in [3.8, 4) is 5.75 Å². The molecule has 0 aliphatic heterocycles. The molecule has 0 spiro atoms. The van der Waals surface area contributed by atoms with E-state index in [0.717, 1.165) is 22.4 Å². The van der Waals surface area contributed by atoms with E-state index >= 15 is 0 Å². The highest BCUT2D eigenvalue weighted by Crippen LogP contribution is 2.23. The number of hydrogen-bond acceptors (Lipinski definition) is 4. The molecule has 0 aliphatic rings. The first-order valence-corrected chi connectivity index (χ1v) is 6.74. The largest absolute Gasteiger partial charge is 0.487 e. The van der Waals surface area contributed by atoms with Crippen molar-refractivity contribution in [3.05, 3.63) is 52.9 Å². The maximum absolute atomic E-state index is 11.1. The number of nitrogens with zero attached hydrogens (tertiary/aromatic N) is 3. The fourth-order valence-electron chi connectivity index (χ4n) is 2.14. The van der Waals surface area contributed by atoms with Gasteiger partial charge in [0.1, 0.15) is 18.1 Å². The van der Waals surface area contributed by atoms with Crippen LogP contribution in [0.1, 0.15) is 34.2 Å². The van der Waals surface area contributed by atoms with E-state index in [0.29, 0.717) is 24.2 Å². The van der Waals surface area contributed by atoms with Gasteiger partial charge in [0.25, 0.3) is 0 Å². The Morgan fingerprint density at radius 2 is 2.05 bits per heavy atom. The Morgan fingerprint density at radius 3 is 2.62 bits per heavy atom. The first-order chi connectivity index (χ1) is 10.0. The third-order valence-electron chi connectivity index (χ3n) is 3.16. The Balaban J connectivity index is 2.25. The number of aryl methyl sites for hydroxylation is 2. The molecule has 2 aromatic rings. The molecule has 0 fully saturated rings. The normalized spacial score (nSPS) is 10.4. The van der Waals surface area contributed by atoms with Crippen molar-refractivity contribution >= 4 is 6.29 Å². The lowest BCUT2D eigenvalue weighted by Gasteiger charge is -2.13. The Kier molecular flexibility index (Phi) is 4.52. The number of ether oxygens (including phenoxy) is 1. The van der Waals surface area contributed by atoms with E-state index in [2.05, 4.69) is 16.9 Å². The van der Waals surface area contributed by atoms with Gasteiger partial charge in [-0.25, -0.2) is 4.68 Å². The zero-order chi connectivity index (χ0) is 15.4. The lowest BCUT2D eigenvalue weighted by Crippen LogP contribution is -2.10. The van der Waals surface area contributed by atoms with Gasteiger partial charge < -0.3 is 4.74 Å². The number of allylic oxidation sites excluding steroid dienone is 1. The number of carbonyl (C=O) groups is 1. The minimum absolute atomic E-state index is 0.250. The summed E-state index contributed by atoms with van der Waals surface area (Å²) in [6.45, 7) is 10.5. The summed E-state index contributed by atoms with van der Waals surface area (Å²) in [5, 5.41) is 7.85. The van der Waals surface area contributed by atoms with Gasteiger partial charge in [-0.1, -0.05) is 35.6 Å². The van der Waals surface area contributed by atoms with E-state index in [4.69, 9.17) is 4.74 Å². The number of para-hydroxylation sites is 1. The molecule has 1 aromatic carbocycles. The van der Waals surface area contributed by atoms with Crippen molar-refractivity contribution in [3.63, 3.8) is 0 Å². The van der Waals surface area contributed by atoms with Gasteiger partial charge >= 0.3 is 0 Å².